The third-order valence-corrected chi connectivity index (χ3v) is 5.68. The number of aryl methyl sites for hydroxylation is 2. The van der Waals surface area contributed by atoms with Crippen molar-refractivity contribution in [1.82, 2.24) is 19.4 Å². The number of hydrogen-bond donors (Lipinski definition) is 0. The van der Waals surface area contributed by atoms with Crippen molar-refractivity contribution in [3.05, 3.63) is 26.6 Å². The zero-order chi connectivity index (χ0) is 17.4. The Hall–Kier alpha value is -1.73. The monoisotopic (exact) mass is 348 g/mol. The van der Waals surface area contributed by atoms with Gasteiger partial charge < -0.3 is 9.80 Å². The van der Waals surface area contributed by atoms with Gasteiger partial charge in [0, 0.05) is 18.0 Å². The highest BCUT2D eigenvalue weighted by Gasteiger charge is 2.22. The molecule has 0 unspecified atom stereocenters. The lowest BCUT2D eigenvalue weighted by Gasteiger charge is -2.19. The molecule has 2 aromatic rings. The van der Waals surface area contributed by atoms with E-state index in [1.54, 1.807) is 15.9 Å². The van der Waals surface area contributed by atoms with Crippen molar-refractivity contribution in [3.8, 4) is 0 Å². The standard InChI is InChI=1S/C17H24N4O2S/c1-11-12(2)24-16-15(11)17(23)21(13(18-16)9-19(3)4)10-14(22)20-7-5-6-8-20/h5-10H2,1-4H3. The number of aromatic nitrogens is 2. The summed E-state index contributed by atoms with van der Waals surface area (Å²) in [4.78, 5) is 36.0. The summed E-state index contributed by atoms with van der Waals surface area (Å²) < 4.78 is 1.57. The van der Waals surface area contributed by atoms with Crippen LogP contribution in [0.4, 0.5) is 0 Å². The van der Waals surface area contributed by atoms with Gasteiger partial charge in [-0.2, -0.15) is 0 Å². The van der Waals surface area contributed by atoms with Crippen LogP contribution in [0.3, 0.4) is 0 Å². The predicted molar refractivity (Wildman–Crippen MR) is 96.6 cm³/mol. The summed E-state index contributed by atoms with van der Waals surface area (Å²) in [6.07, 6.45) is 2.09. The first-order valence-corrected chi connectivity index (χ1v) is 9.12. The van der Waals surface area contributed by atoms with Crippen LogP contribution in [0.1, 0.15) is 29.1 Å². The van der Waals surface area contributed by atoms with Gasteiger partial charge in [-0.3, -0.25) is 14.2 Å². The molecule has 130 valence electrons. The van der Waals surface area contributed by atoms with Gasteiger partial charge in [-0.1, -0.05) is 0 Å². The largest absolute Gasteiger partial charge is 0.341 e. The number of carbonyl (C=O) groups is 1. The van der Waals surface area contributed by atoms with Crippen LogP contribution in [0.15, 0.2) is 4.79 Å². The molecule has 1 saturated heterocycles. The second-order valence-corrected chi connectivity index (χ2v) is 7.91. The number of rotatable bonds is 4. The van der Waals surface area contributed by atoms with Crippen LogP contribution in [0.2, 0.25) is 0 Å². The summed E-state index contributed by atoms with van der Waals surface area (Å²) in [5, 5.41) is 0.661. The zero-order valence-electron chi connectivity index (χ0n) is 14.8. The quantitative estimate of drug-likeness (QED) is 0.845. The molecule has 1 aliphatic heterocycles. The van der Waals surface area contributed by atoms with E-state index < -0.39 is 0 Å². The smallest absolute Gasteiger partial charge is 0.263 e. The Balaban J connectivity index is 2.08. The molecule has 24 heavy (non-hydrogen) atoms. The van der Waals surface area contributed by atoms with Gasteiger partial charge in [-0.25, -0.2) is 4.98 Å². The fourth-order valence-electron chi connectivity index (χ4n) is 3.14. The predicted octanol–water partition coefficient (Wildman–Crippen LogP) is 1.76. The SMILES string of the molecule is Cc1sc2nc(CN(C)C)n(CC(=O)N3CCCC3)c(=O)c2c1C. The maximum atomic E-state index is 13.1. The lowest BCUT2D eigenvalue weighted by atomic mass is 10.2. The fraction of sp³-hybridized carbons (Fsp3) is 0.588. The van der Waals surface area contributed by atoms with Crippen LogP contribution < -0.4 is 5.56 Å². The van der Waals surface area contributed by atoms with Crippen LogP contribution in [0, 0.1) is 13.8 Å². The van der Waals surface area contributed by atoms with E-state index in [0.717, 1.165) is 41.2 Å². The molecule has 3 heterocycles. The van der Waals surface area contributed by atoms with Crippen molar-refractivity contribution >= 4 is 27.5 Å². The van der Waals surface area contributed by atoms with Gasteiger partial charge in [-0.05, 0) is 46.3 Å². The second kappa shape index (κ2) is 6.64. The summed E-state index contributed by atoms with van der Waals surface area (Å²) in [7, 11) is 3.88. The van der Waals surface area contributed by atoms with E-state index >= 15 is 0 Å². The summed E-state index contributed by atoms with van der Waals surface area (Å²) >= 11 is 1.55. The maximum absolute atomic E-state index is 13.1. The first-order chi connectivity index (χ1) is 11.4. The lowest BCUT2D eigenvalue weighted by molar-refractivity contribution is -0.130. The van der Waals surface area contributed by atoms with Crippen LogP contribution in [-0.4, -0.2) is 52.4 Å². The number of hydrogen-bond acceptors (Lipinski definition) is 5. The fourth-order valence-corrected chi connectivity index (χ4v) is 4.18. The van der Waals surface area contributed by atoms with Gasteiger partial charge in [0.25, 0.3) is 5.56 Å². The van der Waals surface area contributed by atoms with Crippen LogP contribution in [-0.2, 0) is 17.9 Å². The summed E-state index contributed by atoms with van der Waals surface area (Å²) in [5.41, 5.74) is 0.887. The Labute approximate surface area is 145 Å². The van der Waals surface area contributed by atoms with Crippen molar-refractivity contribution in [1.29, 1.82) is 0 Å². The average molecular weight is 348 g/mol. The molecule has 1 amide bonds. The molecule has 6 nitrogen and oxygen atoms in total. The van der Waals surface area contributed by atoms with E-state index in [-0.39, 0.29) is 18.0 Å². The molecule has 0 saturated carbocycles. The molecule has 1 fully saturated rings. The molecule has 0 aromatic carbocycles. The van der Waals surface area contributed by atoms with Crippen molar-refractivity contribution in [3.63, 3.8) is 0 Å². The molecule has 0 bridgehead atoms. The van der Waals surface area contributed by atoms with Gasteiger partial charge >= 0.3 is 0 Å². The molecule has 0 spiro atoms. The second-order valence-electron chi connectivity index (χ2n) is 6.71. The first-order valence-electron chi connectivity index (χ1n) is 8.30. The molecule has 0 aliphatic carbocycles. The Morgan fingerprint density at radius 1 is 1.25 bits per heavy atom. The zero-order valence-corrected chi connectivity index (χ0v) is 15.6. The summed E-state index contributed by atoms with van der Waals surface area (Å²) in [6, 6.07) is 0. The molecule has 2 aromatic heterocycles. The number of nitrogens with zero attached hydrogens (tertiary/aromatic N) is 4. The highest BCUT2D eigenvalue weighted by Crippen LogP contribution is 2.26. The minimum atomic E-state index is -0.0914. The van der Waals surface area contributed by atoms with E-state index in [1.807, 2.05) is 37.7 Å². The molecule has 1 aliphatic rings. The highest BCUT2D eigenvalue weighted by atomic mass is 32.1. The van der Waals surface area contributed by atoms with E-state index in [1.165, 1.54) is 0 Å². The number of carbonyl (C=O) groups excluding carboxylic acids is 1. The summed E-state index contributed by atoms with van der Waals surface area (Å²) in [6.45, 7) is 6.17. The highest BCUT2D eigenvalue weighted by molar-refractivity contribution is 7.18. The van der Waals surface area contributed by atoms with E-state index in [2.05, 4.69) is 0 Å². The number of thiophene rings is 1. The van der Waals surface area contributed by atoms with Gasteiger partial charge in [0.15, 0.2) is 0 Å². The van der Waals surface area contributed by atoms with Crippen molar-refractivity contribution in [2.24, 2.45) is 0 Å². The van der Waals surface area contributed by atoms with Gasteiger partial charge in [0.2, 0.25) is 5.91 Å². The lowest BCUT2D eigenvalue weighted by Crippen LogP contribution is -2.37. The topological polar surface area (TPSA) is 58.4 Å². The maximum Gasteiger partial charge on any atom is 0.263 e. The van der Waals surface area contributed by atoms with Gasteiger partial charge in [-0.15, -0.1) is 11.3 Å². The van der Waals surface area contributed by atoms with Crippen molar-refractivity contribution in [2.75, 3.05) is 27.2 Å². The van der Waals surface area contributed by atoms with E-state index in [0.29, 0.717) is 17.8 Å². The Morgan fingerprint density at radius 3 is 2.54 bits per heavy atom. The molecule has 3 rings (SSSR count). The van der Waals surface area contributed by atoms with E-state index in [4.69, 9.17) is 4.98 Å². The Morgan fingerprint density at radius 2 is 1.92 bits per heavy atom. The van der Waals surface area contributed by atoms with Crippen molar-refractivity contribution in [2.45, 2.75) is 39.8 Å². The Kier molecular flexibility index (Phi) is 4.73. The third-order valence-electron chi connectivity index (χ3n) is 4.58. The van der Waals surface area contributed by atoms with Gasteiger partial charge in [0.1, 0.15) is 17.2 Å². The van der Waals surface area contributed by atoms with Crippen molar-refractivity contribution < 1.29 is 4.79 Å². The minimum Gasteiger partial charge on any atom is -0.341 e. The normalized spacial score (nSPS) is 15.0. The Bertz CT molecular complexity index is 831. The first kappa shape index (κ1) is 17.1. The molecular weight excluding hydrogens is 324 g/mol. The van der Waals surface area contributed by atoms with Crippen LogP contribution in [0.5, 0.6) is 0 Å². The van der Waals surface area contributed by atoms with Crippen LogP contribution >= 0.6 is 11.3 Å². The number of fused-ring (bicyclic) bond motifs is 1. The van der Waals surface area contributed by atoms with Crippen LogP contribution in [0.25, 0.3) is 10.2 Å². The summed E-state index contributed by atoms with van der Waals surface area (Å²) in [5.74, 6) is 0.673. The van der Waals surface area contributed by atoms with Gasteiger partial charge in [0.05, 0.1) is 11.9 Å². The third kappa shape index (κ3) is 3.10. The molecule has 0 atom stereocenters. The number of amides is 1. The average Bonchev–Trinajstić information content (AvgIpc) is 3.12. The minimum absolute atomic E-state index is 0.0142. The molecule has 0 radical (unpaired) electrons. The number of likely N-dealkylation sites (tertiary alicyclic amines) is 1. The molecular formula is C17H24N4O2S. The van der Waals surface area contributed by atoms with E-state index in [9.17, 15) is 9.59 Å². The molecule has 0 N–H and O–H groups in total. The molecule has 7 heteroatoms.